The Kier molecular flexibility index (Phi) is 7.35. The number of amides is 2. The molecule has 2 rings (SSSR count). The summed E-state index contributed by atoms with van der Waals surface area (Å²) in [5.41, 5.74) is 2.04. The third kappa shape index (κ3) is 6.02. The average molecular weight is 457 g/mol. The molecule has 0 fully saturated rings. The molecule has 1 atom stereocenters. The zero-order valence-corrected chi connectivity index (χ0v) is 17.5. The number of carbonyl (C=O) groups is 2. The Morgan fingerprint density at radius 2 is 1.93 bits per heavy atom. The van der Waals surface area contributed by atoms with Gasteiger partial charge in [-0.05, 0) is 62.9 Å². The lowest BCUT2D eigenvalue weighted by Gasteiger charge is -2.23. The molecule has 0 radical (unpaired) electrons. The fourth-order valence-electron chi connectivity index (χ4n) is 2.34. The van der Waals surface area contributed by atoms with Crippen LogP contribution in [0.15, 0.2) is 40.9 Å². The van der Waals surface area contributed by atoms with Crippen molar-refractivity contribution in [2.24, 2.45) is 0 Å². The van der Waals surface area contributed by atoms with E-state index in [0.29, 0.717) is 5.69 Å². The lowest BCUT2D eigenvalue weighted by atomic mass is 10.2. The summed E-state index contributed by atoms with van der Waals surface area (Å²) in [5.74, 6) is -1.11. The van der Waals surface area contributed by atoms with Crippen LogP contribution < -0.4 is 10.6 Å². The first-order valence-corrected chi connectivity index (χ1v) is 9.36. The highest BCUT2D eigenvalue weighted by Crippen LogP contribution is 2.21. The van der Waals surface area contributed by atoms with Gasteiger partial charge in [-0.3, -0.25) is 14.5 Å². The average Bonchev–Trinajstić information content (AvgIpc) is 2.59. The lowest BCUT2D eigenvalue weighted by Crippen LogP contribution is -2.43. The number of aryl methyl sites for hydroxylation is 1. The van der Waals surface area contributed by atoms with Crippen molar-refractivity contribution in [2.45, 2.75) is 19.9 Å². The van der Waals surface area contributed by atoms with Crippen LogP contribution in [0.3, 0.4) is 0 Å². The van der Waals surface area contributed by atoms with E-state index in [1.807, 2.05) is 25.1 Å². The van der Waals surface area contributed by atoms with Gasteiger partial charge in [-0.25, -0.2) is 4.39 Å². The van der Waals surface area contributed by atoms with Gasteiger partial charge in [0.2, 0.25) is 11.8 Å². The first-order valence-electron chi connectivity index (χ1n) is 8.19. The third-order valence-corrected chi connectivity index (χ3v) is 4.87. The van der Waals surface area contributed by atoms with E-state index in [0.717, 1.165) is 15.7 Å². The van der Waals surface area contributed by atoms with Crippen LogP contribution in [0.5, 0.6) is 0 Å². The van der Waals surface area contributed by atoms with E-state index in [4.69, 9.17) is 11.6 Å². The number of carbonyl (C=O) groups excluding carboxylic acids is 2. The van der Waals surface area contributed by atoms with E-state index < -0.39 is 11.9 Å². The highest BCUT2D eigenvalue weighted by molar-refractivity contribution is 9.10. The van der Waals surface area contributed by atoms with Crippen molar-refractivity contribution in [1.82, 2.24) is 4.90 Å². The molecule has 2 N–H and O–H groups in total. The summed E-state index contributed by atoms with van der Waals surface area (Å²) < 4.78 is 14.1. The summed E-state index contributed by atoms with van der Waals surface area (Å²) in [7, 11) is 1.68. The number of nitrogens with one attached hydrogen (secondary N) is 2. The molecule has 0 spiro atoms. The Morgan fingerprint density at radius 3 is 2.56 bits per heavy atom. The van der Waals surface area contributed by atoms with E-state index in [1.54, 1.807) is 18.9 Å². The highest BCUT2D eigenvalue weighted by Gasteiger charge is 2.21. The number of nitrogens with zero attached hydrogens (tertiary/aromatic N) is 1. The number of hydrogen-bond acceptors (Lipinski definition) is 3. The number of anilines is 2. The molecule has 2 aromatic rings. The van der Waals surface area contributed by atoms with E-state index >= 15 is 0 Å². The summed E-state index contributed by atoms with van der Waals surface area (Å²) in [4.78, 5) is 26.2. The summed E-state index contributed by atoms with van der Waals surface area (Å²) in [5, 5.41) is 5.42. The van der Waals surface area contributed by atoms with Crippen LogP contribution in [-0.4, -0.2) is 36.3 Å². The number of hydrogen-bond donors (Lipinski definition) is 2. The zero-order chi connectivity index (χ0) is 20.1. The van der Waals surface area contributed by atoms with Crippen molar-refractivity contribution < 1.29 is 14.0 Å². The van der Waals surface area contributed by atoms with Gasteiger partial charge in [-0.1, -0.05) is 27.5 Å². The smallest absolute Gasteiger partial charge is 0.241 e. The normalized spacial score (nSPS) is 12.0. The number of likely N-dealkylation sites (N-methyl/N-ethyl adjacent to an activating group) is 1. The molecule has 2 amide bonds. The van der Waals surface area contributed by atoms with Gasteiger partial charge in [0.1, 0.15) is 5.82 Å². The summed E-state index contributed by atoms with van der Waals surface area (Å²) in [6.45, 7) is 3.61. The molecule has 8 heteroatoms. The van der Waals surface area contributed by atoms with Crippen molar-refractivity contribution in [3.63, 3.8) is 0 Å². The third-order valence-electron chi connectivity index (χ3n) is 4.08. The monoisotopic (exact) mass is 455 g/mol. The Labute approximate surface area is 171 Å². The van der Waals surface area contributed by atoms with Crippen LogP contribution in [0.4, 0.5) is 15.8 Å². The first-order chi connectivity index (χ1) is 12.7. The molecule has 0 aliphatic rings. The predicted molar refractivity (Wildman–Crippen MR) is 110 cm³/mol. The maximum Gasteiger partial charge on any atom is 0.241 e. The summed E-state index contributed by atoms with van der Waals surface area (Å²) >= 11 is 9.09. The molecular formula is C19H20BrClFN3O2. The SMILES string of the molecule is Cc1cc(Br)ccc1NC(=O)CN(C)C(C)C(=O)Nc1ccc(F)c(Cl)c1. The molecule has 0 aliphatic carbocycles. The molecule has 2 aromatic carbocycles. The van der Waals surface area contributed by atoms with Crippen molar-refractivity contribution in [2.75, 3.05) is 24.2 Å². The van der Waals surface area contributed by atoms with Crippen molar-refractivity contribution in [1.29, 1.82) is 0 Å². The number of benzene rings is 2. The maximum atomic E-state index is 13.2. The van der Waals surface area contributed by atoms with E-state index in [9.17, 15) is 14.0 Å². The van der Waals surface area contributed by atoms with Crippen LogP contribution in [0.25, 0.3) is 0 Å². The lowest BCUT2D eigenvalue weighted by molar-refractivity contribution is -0.122. The van der Waals surface area contributed by atoms with Gasteiger partial charge in [-0.2, -0.15) is 0 Å². The predicted octanol–water partition coefficient (Wildman–Crippen LogP) is 4.45. The van der Waals surface area contributed by atoms with Crippen molar-refractivity contribution >= 4 is 50.7 Å². The number of rotatable bonds is 6. The number of halogens is 3. The molecule has 0 heterocycles. The van der Waals surface area contributed by atoms with Gasteiger partial charge in [0, 0.05) is 15.8 Å². The molecule has 0 aromatic heterocycles. The fraction of sp³-hybridized carbons (Fsp3) is 0.263. The molecule has 27 heavy (non-hydrogen) atoms. The topological polar surface area (TPSA) is 61.4 Å². The highest BCUT2D eigenvalue weighted by atomic mass is 79.9. The second-order valence-corrected chi connectivity index (χ2v) is 7.54. The minimum atomic E-state index is -0.578. The largest absolute Gasteiger partial charge is 0.325 e. The summed E-state index contributed by atoms with van der Waals surface area (Å²) in [6.07, 6.45) is 0. The molecule has 0 saturated heterocycles. The molecule has 144 valence electrons. The van der Waals surface area contributed by atoms with Gasteiger partial charge in [0.25, 0.3) is 0 Å². The second kappa shape index (κ2) is 9.30. The van der Waals surface area contributed by atoms with Crippen LogP contribution in [0.1, 0.15) is 12.5 Å². The second-order valence-electron chi connectivity index (χ2n) is 6.22. The van der Waals surface area contributed by atoms with Gasteiger partial charge in [0.05, 0.1) is 17.6 Å². The maximum absolute atomic E-state index is 13.2. The van der Waals surface area contributed by atoms with Crippen LogP contribution >= 0.6 is 27.5 Å². The molecule has 0 aliphatic heterocycles. The van der Waals surface area contributed by atoms with E-state index in [1.165, 1.54) is 18.2 Å². The Morgan fingerprint density at radius 1 is 1.22 bits per heavy atom. The quantitative estimate of drug-likeness (QED) is 0.675. The fourth-order valence-corrected chi connectivity index (χ4v) is 3.00. The summed E-state index contributed by atoms with van der Waals surface area (Å²) in [6, 6.07) is 8.93. The molecular weight excluding hydrogens is 437 g/mol. The van der Waals surface area contributed by atoms with Crippen LogP contribution in [0, 0.1) is 12.7 Å². The molecule has 5 nitrogen and oxygen atoms in total. The standard InChI is InChI=1S/C19H20BrClFN3O2/c1-11-8-13(20)4-7-17(11)24-18(26)10-25(3)12(2)19(27)23-14-5-6-16(22)15(21)9-14/h4-9,12H,10H2,1-3H3,(H,23,27)(H,24,26). The zero-order valence-electron chi connectivity index (χ0n) is 15.1. The van der Waals surface area contributed by atoms with Gasteiger partial charge < -0.3 is 10.6 Å². The first kappa shape index (κ1) is 21.3. The minimum absolute atomic E-state index is 0.0360. The molecule has 1 unspecified atom stereocenters. The Hall–Kier alpha value is -1.96. The Balaban J connectivity index is 1.93. The van der Waals surface area contributed by atoms with E-state index in [2.05, 4.69) is 26.6 Å². The Bertz CT molecular complexity index is 863. The van der Waals surface area contributed by atoms with Gasteiger partial charge in [0.15, 0.2) is 0 Å². The van der Waals surface area contributed by atoms with Gasteiger partial charge in [-0.15, -0.1) is 0 Å². The van der Waals surface area contributed by atoms with Crippen LogP contribution in [-0.2, 0) is 9.59 Å². The van der Waals surface area contributed by atoms with Crippen molar-refractivity contribution in [3.05, 3.63) is 57.3 Å². The molecule has 0 saturated carbocycles. The van der Waals surface area contributed by atoms with E-state index in [-0.39, 0.29) is 23.4 Å². The van der Waals surface area contributed by atoms with Gasteiger partial charge >= 0.3 is 0 Å². The minimum Gasteiger partial charge on any atom is -0.325 e. The molecule has 0 bridgehead atoms. The van der Waals surface area contributed by atoms with Crippen molar-refractivity contribution in [3.8, 4) is 0 Å². The van der Waals surface area contributed by atoms with Crippen LogP contribution in [0.2, 0.25) is 5.02 Å².